The first-order valence-electron chi connectivity index (χ1n) is 6.59. The molecule has 4 nitrogen and oxygen atoms in total. The van der Waals surface area contributed by atoms with Crippen molar-refractivity contribution < 1.29 is 19.4 Å². The lowest BCUT2D eigenvalue weighted by Crippen LogP contribution is -2.35. The molecule has 19 heavy (non-hydrogen) atoms. The highest BCUT2D eigenvalue weighted by atomic mass is 16.6. The Labute approximate surface area is 113 Å². The molecular formula is C15H20O4. The van der Waals surface area contributed by atoms with Crippen LogP contribution in [-0.4, -0.2) is 29.9 Å². The van der Waals surface area contributed by atoms with Crippen LogP contribution in [0.5, 0.6) is 0 Å². The summed E-state index contributed by atoms with van der Waals surface area (Å²) >= 11 is 0. The fourth-order valence-electron chi connectivity index (χ4n) is 2.26. The smallest absolute Gasteiger partial charge is 0.302 e. The highest BCUT2D eigenvalue weighted by molar-refractivity contribution is 5.65. The Balaban J connectivity index is 2.01. The Bertz CT molecular complexity index is 426. The molecule has 1 aromatic carbocycles. The van der Waals surface area contributed by atoms with Crippen LogP contribution in [0.3, 0.4) is 0 Å². The molecule has 104 valence electrons. The maximum atomic E-state index is 10.8. The summed E-state index contributed by atoms with van der Waals surface area (Å²) in [5.41, 5.74) is 2.14. The molecule has 0 aromatic heterocycles. The molecule has 1 fully saturated rings. The molecular weight excluding hydrogens is 244 g/mol. The topological polar surface area (TPSA) is 55.8 Å². The first-order chi connectivity index (χ1) is 9.06. The monoisotopic (exact) mass is 264 g/mol. The Morgan fingerprint density at radius 2 is 2.05 bits per heavy atom. The maximum Gasteiger partial charge on any atom is 0.302 e. The van der Waals surface area contributed by atoms with Crippen LogP contribution in [0.15, 0.2) is 24.3 Å². The van der Waals surface area contributed by atoms with E-state index in [-0.39, 0.29) is 24.8 Å². The highest BCUT2D eigenvalue weighted by Gasteiger charge is 2.31. The van der Waals surface area contributed by atoms with Gasteiger partial charge >= 0.3 is 5.97 Å². The zero-order valence-electron chi connectivity index (χ0n) is 11.3. The molecule has 0 spiro atoms. The molecule has 1 heterocycles. The lowest BCUT2D eigenvalue weighted by atomic mass is 9.95. The van der Waals surface area contributed by atoms with Crippen molar-refractivity contribution >= 4 is 5.97 Å². The van der Waals surface area contributed by atoms with Gasteiger partial charge < -0.3 is 14.6 Å². The van der Waals surface area contributed by atoms with E-state index in [0.717, 1.165) is 5.56 Å². The van der Waals surface area contributed by atoms with E-state index in [1.807, 2.05) is 31.2 Å². The van der Waals surface area contributed by atoms with E-state index in [1.54, 1.807) is 0 Å². The summed E-state index contributed by atoms with van der Waals surface area (Å²) in [4.78, 5) is 10.8. The third kappa shape index (κ3) is 3.78. The van der Waals surface area contributed by atoms with Crippen molar-refractivity contribution in [3.8, 4) is 0 Å². The number of hydrogen-bond acceptors (Lipinski definition) is 4. The zero-order valence-corrected chi connectivity index (χ0v) is 11.3. The van der Waals surface area contributed by atoms with Crippen molar-refractivity contribution in [1.29, 1.82) is 0 Å². The van der Waals surface area contributed by atoms with Gasteiger partial charge in [-0.15, -0.1) is 0 Å². The number of aryl methyl sites for hydroxylation is 1. The Morgan fingerprint density at radius 1 is 1.37 bits per heavy atom. The van der Waals surface area contributed by atoms with Crippen molar-refractivity contribution in [2.75, 3.05) is 6.61 Å². The summed E-state index contributed by atoms with van der Waals surface area (Å²) in [6.07, 6.45) is 0.381. The first-order valence-corrected chi connectivity index (χ1v) is 6.59. The molecule has 3 atom stereocenters. The van der Waals surface area contributed by atoms with E-state index in [4.69, 9.17) is 9.47 Å². The number of aliphatic hydroxyl groups excluding tert-OH is 1. The molecule has 1 saturated heterocycles. The predicted molar refractivity (Wildman–Crippen MR) is 70.7 cm³/mol. The Hall–Kier alpha value is -1.39. The van der Waals surface area contributed by atoms with Gasteiger partial charge in [-0.25, -0.2) is 0 Å². The van der Waals surface area contributed by atoms with Crippen molar-refractivity contribution in [3.05, 3.63) is 35.4 Å². The van der Waals surface area contributed by atoms with Gasteiger partial charge in [0, 0.05) is 6.92 Å². The van der Waals surface area contributed by atoms with E-state index in [1.165, 1.54) is 12.5 Å². The summed E-state index contributed by atoms with van der Waals surface area (Å²) in [6.45, 7) is 3.66. The van der Waals surface area contributed by atoms with Crippen LogP contribution < -0.4 is 0 Å². The zero-order chi connectivity index (χ0) is 13.8. The van der Waals surface area contributed by atoms with E-state index < -0.39 is 6.10 Å². The number of carbonyl (C=O) groups excluding carboxylic acids is 1. The molecule has 1 aromatic rings. The highest BCUT2D eigenvalue weighted by Crippen LogP contribution is 2.31. The molecule has 2 rings (SSSR count). The van der Waals surface area contributed by atoms with Crippen molar-refractivity contribution in [2.45, 2.75) is 45.0 Å². The lowest BCUT2D eigenvalue weighted by Gasteiger charge is -2.34. The van der Waals surface area contributed by atoms with Crippen molar-refractivity contribution in [2.24, 2.45) is 0 Å². The molecule has 0 bridgehead atoms. The van der Waals surface area contributed by atoms with Crippen LogP contribution in [0.1, 0.15) is 37.0 Å². The molecule has 0 amide bonds. The number of benzene rings is 1. The summed E-state index contributed by atoms with van der Waals surface area (Å²) in [5, 5.41) is 10.1. The minimum atomic E-state index is -0.503. The Morgan fingerprint density at radius 3 is 2.68 bits per heavy atom. The second-order valence-electron chi connectivity index (χ2n) is 5.04. The van der Waals surface area contributed by atoms with Gasteiger partial charge in [0.15, 0.2) is 0 Å². The number of rotatable bonds is 3. The molecule has 0 aliphatic carbocycles. The Kier molecular flexibility index (Phi) is 4.56. The van der Waals surface area contributed by atoms with Crippen LogP contribution in [0, 0.1) is 6.92 Å². The predicted octanol–water partition coefficient (Wildman–Crippen LogP) is 2.14. The van der Waals surface area contributed by atoms with Gasteiger partial charge in [0.25, 0.3) is 0 Å². The summed E-state index contributed by atoms with van der Waals surface area (Å²) in [6, 6.07) is 7.94. The molecule has 1 N–H and O–H groups in total. The second-order valence-corrected chi connectivity index (χ2v) is 5.04. The number of ether oxygens (including phenoxy) is 2. The molecule has 0 radical (unpaired) electrons. The SMILES string of the molecule is CC(=O)OC[C@@H]1CC[C@@H](O)[C@@H](c2ccc(C)cc2)O1. The second kappa shape index (κ2) is 6.17. The molecule has 4 heteroatoms. The number of carbonyl (C=O) groups is 1. The number of aliphatic hydroxyl groups is 1. The van der Waals surface area contributed by atoms with Gasteiger partial charge in [-0.3, -0.25) is 4.79 Å². The van der Waals surface area contributed by atoms with Gasteiger partial charge in [-0.2, -0.15) is 0 Å². The quantitative estimate of drug-likeness (QED) is 0.850. The third-order valence-electron chi connectivity index (χ3n) is 3.35. The average molecular weight is 264 g/mol. The van der Waals surface area contributed by atoms with Crippen molar-refractivity contribution in [3.63, 3.8) is 0 Å². The number of hydrogen-bond donors (Lipinski definition) is 1. The largest absolute Gasteiger partial charge is 0.463 e. The van der Waals surface area contributed by atoms with E-state index in [9.17, 15) is 9.90 Å². The fraction of sp³-hybridized carbons (Fsp3) is 0.533. The molecule has 0 unspecified atom stereocenters. The van der Waals surface area contributed by atoms with E-state index in [0.29, 0.717) is 12.8 Å². The average Bonchev–Trinajstić information content (AvgIpc) is 2.39. The maximum absolute atomic E-state index is 10.8. The summed E-state index contributed by atoms with van der Waals surface area (Å²) in [7, 11) is 0. The molecule has 1 aliphatic rings. The standard InChI is InChI=1S/C15H20O4/c1-10-3-5-12(6-4-10)15-14(17)8-7-13(19-15)9-18-11(2)16/h3-6,13-15,17H,7-9H2,1-2H3/t13-,14+,15+/m0/s1. The van der Waals surface area contributed by atoms with Crippen LogP contribution in [0.25, 0.3) is 0 Å². The van der Waals surface area contributed by atoms with Crippen LogP contribution in [0.2, 0.25) is 0 Å². The normalized spacial score (nSPS) is 27.0. The van der Waals surface area contributed by atoms with Gasteiger partial charge in [-0.1, -0.05) is 29.8 Å². The van der Waals surface area contributed by atoms with Crippen LogP contribution in [-0.2, 0) is 14.3 Å². The van der Waals surface area contributed by atoms with Gasteiger partial charge in [-0.05, 0) is 25.3 Å². The molecule has 1 aliphatic heterocycles. The van der Waals surface area contributed by atoms with Gasteiger partial charge in [0.2, 0.25) is 0 Å². The van der Waals surface area contributed by atoms with E-state index in [2.05, 4.69) is 0 Å². The number of esters is 1. The third-order valence-corrected chi connectivity index (χ3v) is 3.35. The van der Waals surface area contributed by atoms with Crippen molar-refractivity contribution in [1.82, 2.24) is 0 Å². The van der Waals surface area contributed by atoms with Crippen LogP contribution >= 0.6 is 0 Å². The summed E-state index contributed by atoms with van der Waals surface area (Å²) < 4.78 is 10.8. The van der Waals surface area contributed by atoms with Crippen LogP contribution in [0.4, 0.5) is 0 Å². The van der Waals surface area contributed by atoms with Gasteiger partial charge in [0.1, 0.15) is 12.7 Å². The minimum absolute atomic E-state index is 0.140. The van der Waals surface area contributed by atoms with E-state index >= 15 is 0 Å². The fourth-order valence-corrected chi connectivity index (χ4v) is 2.26. The minimum Gasteiger partial charge on any atom is -0.463 e. The summed E-state index contributed by atoms with van der Waals surface area (Å²) in [5.74, 6) is -0.304. The first kappa shape index (κ1) is 14.0. The van der Waals surface area contributed by atoms with Gasteiger partial charge in [0.05, 0.1) is 12.2 Å². The molecule has 0 saturated carbocycles. The lowest BCUT2D eigenvalue weighted by molar-refractivity contribution is -0.159.